The summed E-state index contributed by atoms with van der Waals surface area (Å²) in [4.78, 5) is 2.48. The number of nitrogens with zero attached hydrogens (tertiary/aromatic N) is 1. The zero-order valence-electron chi connectivity index (χ0n) is 11.2. The number of likely N-dealkylation sites (tertiary alicyclic amines) is 1. The largest absolute Gasteiger partial charge is 0.454 e. The minimum Gasteiger partial charge on any atom is -0.454 e. The van der Waals surface area contributed by atoms with Gasteiger partial charge in [0.2, 0.25) is 6.79 Å². The van der Waals surface area contributed by atoms with Gasteiger partial charge in [-0.25, -0.2) is 0 Å². The van der Waals surface area contributed by atoms with Crippen molar-refractivity contribution >= 4 is 0 Å². The molecule has 2 aliphatic rings. The van der Waals surface area contributed by atoms with Gasteiger partial charge in [0, 0.05) is 13.2 Å². The molecule has 0 atom stereocenters. The lowest BCUT2D eigenvalue weighted by Gasteiger charge is -2.31. The Labute approximate surface area is 113 Å². The molecule has 0 aliphatic carbocycles. The number of rotatable bonds is 4. The molecule has 2 aliphatic heterocycles. The standard InChI is InChI=1S/C15H21NO3/c17-8-5-12-3-6-16(7-4-12)10-13-1-2-14-15(9-13)19-11-18-14/h1-2,9,12,17H,3-8,10-11H2. The summed E-state index contributed by atoms with van der Waals surface area (Å²) in [6, 6.07) is 6.20. The first-order valence-electron chi connectivity index (χ1n) is 7.07. The molecule has 0 unspecified atom stereocenters. The third-order valence-electron chi connectivity index (χ3n) is 4.09. The molecule has 1 saturated heterocycles. The van der Waals surface area contributed by atoms with Crippen LogP contribution in [-0.2, 0) is 6.54 Å². The molecule has 4 nitrogen and oxygen atoms in total. The minimum absolute atomic E-state index is 0.326. The molecule has 104 valence electrons. The summed E-state index contributed by atoms with van der Waals surface area (Å²) in [6.07, 6.45) is 3.36. The van der Waals surface area contributed by atoms with E-state index in [1.54, 1.807) is 0 Å². The second kappa shape index (κ2) is 5.80. The second-order valence-electron chi connectivity index (χ2n) is 5.42. The van der Waals surface area contributed by atoms with Crippen molar-refractivity contribution in [3.8, 4) is 11.5 Å². The van der Waals surface area contributed by atoms with Crippen LogP contribution in [-0.4, -0.2) is 36.5 Å². The van der Waals surface area contributed by atoms with Crippen LogP contribution in [0.4, 0.5) is 0 Å². The van der Waals surface area contributed by atoms with Crippen molar-refractivity contribution in [2.45, 2.75) is 25.8 Å². The van der Waals surface area contributed by atoms with Crippen LogP contribution in [0.2, 0.25) is 0 Å². The smallest absolute Gasteiger partial charge is 0.231 e. The number of fused-ring (bicyclic) bond motifs is 1. The van der Waals surface area contributed by atoms with E-state index >= 15 is 0 Å². The van der Waals surface area contributed by atoms with Crippen LogP contribution in [0.5, 0.6) is 11.5 Å². The molecule has 0 saturated carbocycles. The molecule has 1 aromatic rings. The first-order chi connectivity index (χ1) is 9.35. The Balaban J connectivity index is 1.55. The van der Waals surface area contributed by atoms with E-state index in [1.165, 1.54) is 18.4 Å². The second-order valence-corrected chi connectivity index (χ2v) is 5.42. The van der Waals surface area contributed by atoms with Crippen LogP contribution in [0.15, 0.2) is 18.2 Å². The number of aliphatic hydroxyl groups is 1. The van der Waals surface area contributed by atoms with Crippen LogP contribution in [0.25, 0.3) is 0 Å². The summed E-state index contributed by atoms with van der Waals surface area (Å²) in [5.74, 6) is 2.43. The Hall–Kier alpha value is -1.26. The van der Waals surface area contributed by atoms with Crippen LogP contribution >= 0.6 is 0 Å². The Kier molecular flexibility index (Phi) is 3.89. The molecule has 1 N–H and O–H groups in total. The molecule has 1 aromatic carbocycles. The van der Waals surface area contributed by atoms with Crippen LogP contribution in [0, 0.1) is 5.92 Å². The summed E-state index contributed by atoms with van der Waals surface area (Å²) in [7, 11) is 0. The summed E-state index contributed by atoms with van der Waals surface area (Å²) in [5, 5.41) is 8.97. The normalized spacial score (nSPS) is 19.8. The number of aliphatic hydroxyl groups excluding tert-OH is 1. The van der Waals surface area contributed by atoms with Gasteiger partial charge >= 0.3 is 0 Å². The fourth-order valence-corrected chi connectivity index (χ4v) is 2.91. The van der Waals surface area contributed by atoms with Crippen LogP contribution < -0.4 is 9.47 Å². The van der Waals surface area contributed by atoms with Gasteiger partial charge in [-0.15, -0.1) is 0 Å². The zero-order chi connectivity index (χ0) is 13.1. The lowest BCUT2D eigenvalue weighted by Crippen LogP contribution is -2.33. The molecule has 2 heterocycles. The zero-order valence-corrected chi connectivity index (χ0v) is 11.2. The first-order valence-corrected chi connectivity index (χ1v) is 7.07. The predicted molar refractivity (Wildman–Crippen MR) is 72.3 cm³/mol. The monoisotopic (exact) mass is 263 g/mol. The third-order valence-corrected chi connectivity index (χ3v) is 4.09. The SMILES string of the molecule is OCCC1CCN(Cc2ccc3c(c2)OCO3)CC1. The lowest BCUT2D eigenvalue weighted by molar-refractivity contribution is 0.153. The van der Waals surface area contributed by atoms with Crippen LogP contribution in [0.3, 0.4) is 0 Å². The molecule has 4 heteroatoms. The van der Waals surface area contributed by atoms with Gasteiger partial charge in [-0.3, -0.25) is 4.90 Å². The molecule has 0 aromatic heterocycles. The highest BCUT2D eigenvalue weighted by atomic mass is 16.7. The van der Waals surface area contributed by atoms with E-state index in [1.807, 2.05) is 6.07 Å². The molecular formula is C15H21NO3. The third kappa shape index (κ3) is 3.01. The van der Waals surface area contributed by atoms with Crippen molar-refractivity contribution in [3.05, 3.63) is 23.8 Å². The lowest BCUT2D eigenvalue weighted by atomic mass is 9.94. The molecule has 3 rings (SSSR count). The van der Waals surface area contributed by atoms with E-state index in [2.05, 4.69) is 17.0 Å². The molecular weight excluding hydrogens is 242 g/mol. The van der Waals surface area contributed by atoms with Crippen molar-refractivity contribution < 1.29 is 14.6 Å². The maximum atomic E-state index is 8.97. The first kappa shape index (κ1) is 12.8. The Morgan fingerprint density at radius 3 is 2.74 bits per heavy atom. The molecule has 1 fully saturated rings. The average molecular weight is 263 g/mol. The van der Waals surface area contributed by atoms with Crippen molar-refractivity contribution in [2.24, 2.45) is 5.92 Å². The van der Waals surface area contributed by atoms with Gasteiger partial charge in [-0.05, 0) is 56.0 Å². The topological polar surface area (TPSA) is 41.9 Å². The van der Waals surface area contributed by atoms with Crippen LogP contribution in [0.1, 0.15) is 24.8 Å². The number of benzene rings is 1. The van der Waals surface area contributed by atoms with Crippen molar-refractivity contribution in [1.82, 2.24) is 4.90 Å². The summed E-state index contributed by atoms with van der Waals surface area (Å²) in [6.45, 7) is 3.89. The van der Waals surface area contributed by atoms with Gasteiger partial charge in [0.15, 0.2) is 11.5 Å². The molecule has 0 spiro atoms. The highest BCUT2D eigenvalue weighted by molar-refractivity contribution is 5.44. The Morgan fingerprint density at radius 1 is 1.16 bits per heavy atom. The molecule has 19 heavy (non-hydrogen) atoms. The quantitative estimate of drug-likeness (QED) is 0.902. The van der Waals surface area contributed by atoms with Gasteiger partial charge in [0.05, 0.1) is 0 Å². The van der Waals surface area contributed by atoms with Crippen molar-refractivity contribution in [3.63, 3.8) is 0 Å². The van der Waals surface area contributed by atoms with E-state index in [-0.39, 0.29) is 0 Å². The van der Waals surface area contributed by atoms with Gasteiger partial charge in [0.25, 0.3) is 0 Å². The number of hydrogen-bond acceptors (Lipinski definition) is 4. The van der Waals surface area contributed by atoms with E-state index in [9.17, 15) is 0 Å². The highest BCUT2D eigenvalue weighted by Crippen LogP contribution is 2.33. The Morgan fingerprint density at radius 2 is 1.95 bits per heavy atom. The van der Waals surface area contributed by atoms with E-state index in [4.69, 9.17) is 14.6 Å². The Bertz CT molecular complexity index is 427. The van der Waals surface area contributed by atoms with Gasteiger partial charge in [-0.2, -0.15) is 0 Å². The fourth-order valence-electron chi connectivity index (χ4n) is 2.91. The van der Waals surface area contributed by atoms with Gasteiger partial charge in [0.1, 0.15) is 0 Å². The average Bonchev–Trinajstić information content (AvgIpc) is 2.89. The van der Waals surface area contributed by atoms with Crippen molar-refractivity contribution in [2.75, 3.05) is 26.5 Å². The highest BCUT2D eigenvalue weighted by Gasteiger charge is 2.20. The fraction of sp³-hybridized carbons (Fsp3) is 0.600. The number of hydrogen-bond donors (Lipinski definition) is 1. The molecule has 0 radical (unpaired) electrons. The maximum absolute atomic E-state index is 8.97. The van der Waals surface area contributed by atoms with E-state index < -0.39 is 0 Å². The van der Waals surface area contributed by atoms with Gasteiger partial charge < -0.3 is 14.6 Å². The predicted octanol–water partition coefficient (Wildman–Crippen LogP) is 2.01. The molecule has 0 amide bonds. The maximum Gasteiger partial charge on any atom is 0.231 e. The number of piperidine rings is 1. The molecule has 0 bridgehead atoms. The van der Waals surface area contributed by atoms with E-state index in [0.717, 1.165) is 37.6 Å². The van der Waals surface area contributed by atoms with Gasteiger partial charge in [-0.1, -0.05) is 6.07 Å². The summed E-state index contributed by atoms with van der Waals surface area (Å²) >= 11 is 0. The summed E-state index contributed by atoms with van der Waals surface area (Å²) in [5.41, 5.74) is 1.28. The van der Waals surface area contributed by atoms with E-state index in [0.29, 0.717) is 19.3 Å². The summed E-state index contributed by atoms with van der Waals surface area (Å²) < 4.78 is 10.7. The minimum atomic E-state index is 0.326. The number of ether oxygens (including phenoxy) is 2. The van der Waals surface area contributed by atoms with Crippen molar-refractivity contribution in [1.29, 1.82) is 0 Å².